The molecule has 0 heterocycles. The molecule has 1 N–H and O–H groups in total. The first-order chi connectivity index (χ1) is 7.60. The van der Waals surface area contributed by atoms with Crippen LogP contribution in [-0.2, 0) is 0 Å². The van der Waals surface area contributed by atoms with Crippen LogP contribution in [0.5, 0.6) is 5.75 Å². The smallest absolute Gasteiger partial charge is 0.137 e. The molecule has 0 bridgehead atoms. The Bertz CT molecular complexity index is 339. The molecule has 0 spiro atoms. The van der Waals surface area contributed by atoms with Gasteiger partial charge in [0.1, 0.15) is 5.75 Å². The summed E-state index contributed by atoms with van der Waals surface area (Å²) < 4.78 is 5.34. The molecule has 2 unspecified atom stereocenters. The summed E-state index contributed by atoms with van der Waals surface area (Å²) in [7, 11) is 0. The number of ether oxygens (including phenoxy) is 1. The van der Waals surface area contributed by atoms with Gasteiger partial charge in [-0.05, 0) is 38.0 Å². The molecule has 1 radical (unpaired) electrons. The lowest BCUT2D eigenvalue weighted by Gasteiger charge is -2.18. The Morgan fingerprint density at radius 1 is 1.44 bits per heavy atom. The van der Waals surface area contributed by atoms with Gasteiger partial charge in [-0.3, -0.25) is 0 Å². The van der Waals surface area contributed by atoms with E-state index in [0.29, 0.717) is 23.8 Å². The van der Waals surface area contributed by atoms with Gasteiger partial charge in [0.15, 0.2) is 0 Å². The van der Waals surface area contributed by atoms with Crippen molar-refractivity contribution in [2.75, 3.05) is 6.61 Å². The average molecular weight is 242 g/mol. The van der Waals surface area contributed by atoms with Crippen molar-refractivity contribution < 1.29 is 9.84 Å². The lowest BCUT2D eigenvalue weighted by atomic mass is 9.94. The number of benzene rings is 1. The molecule has 2 atom stereocenters. The highest BCUT2D eigenvalue weighted by Gasteiger charge is 2.15. The molecular formula is C13H18ClO2. The molecule has 16 heavy (non-hydrogen) atoms. The van der Waals surface area contributed by atoms with E-state index >= 15 is 0 Å². The lowest BCUT2D eigenvalue weighted by molar-refractivity contribution is 0.154. The van der Waals surface area contributed by atoms with Gasteiger partial charge in [0.05, 0.1) is 17.7 Å². The van der Waals surface area contributed by atoms with E-state index in [0.717, 1.165) is 5.56 Å². The average Bonchev–Trinajstić information content (AvgIpc) is 2.30. The predicted octanol–water partition coefficient (Wildman–Crippen LogP) is 3.43. The van der Waals surface area contributed by atoms with E-state index in [9.17, 15) is 5.11 Å². The molecule has 1 aromatic carbocycles. The maximum Gasteiger partial charge on any atom is 0.137 e. The third-order valence-electron chi connectivity index (χ3n) is 2.57. The first-order valence-corrected chi connectivity index (χ1v) is 5.91. The van der Waals surface area contributed by atoms with Crippen LogP contribution in [0.3, 0.4) is 0 Å². The van der Waals surface area contributed by atoms with Crippen molar-refractivity contribution in [1.82, 2.24) is 0 Å². The van der Waals surface area contributed by atoms with E-state index in [1.165, 1.54) is 0 Å². The minimum absolute atomic E-state index is 0.154. The van der Waals surface area contributed by atoms with Crippen LogP contribution in [0.1, 0.15) is 31.7 Å². The highest BCUT2D eigenvalue weighted by molar-refractivity contribution is 6.32. The second-order valence-electron chi connectivity index (χ2n) is 3.70. The second-order valence-corrected chi connectivity index (χ2v) is 4.11. The number of hydrogen-bond acceptors (Lipinski definition) is 2. The molecule has 3 heteroatoms. The van der Waals surface area contributed by atoms with Gasteiger partial charge in [0, 0.05) is 5.92 Å². The molecule has 89 valence electrons. The van der Waals surface area contributed by atoms with Crippen LogP contribution < -0.4 is 4.74 Å². The largest absolute Gasteiger partial charge is 0.492 e. The zero-order valence-electron chi connectivity index (χ0n) is 9.74. The van der Waals surface area contributed by atoms with Gasteiger partial charge in [-0.25, -0.2) is 0 Å². The standard InChI is InChI=1S/C13H18ClO2/c1-4-12(15)9(3)10-6-7-13(16-5-2)11(14)8-10/h6-9,12,15H,3-5H2,1-2H3. The number of halogens is 1. The Labute approximate surface area is 102 Å². The van der Waals surface area contributed by atoms with E-state index in [-0.39, 0.29) is 5.92 Å². The highest BCUT2D eigenvalue weighted by Crippen LogP contribution is 2.30. The first-order valence-electron chi connectivity index (χ1n) is 5.53. The maximum atomic E-state index is 9.71. The number of rotatable bonds is 5. The predicted molar refractivity (Wildman–Crippen MR) is 67.0 cm³/mol. The van der Waals surface area contributed by atoms with E-state index < -0.39 is 6.10 Å². The minimum atomic E-state index is -0.436. The van der Waals surface area contributed by atoms with Crippen molar-refractivity contribution in [2.45, 2.75) is 32.3 Å². The maximum absolute atomic E-state index is 9.71. The normalized spacial score (nSPS) is 14.6. The van der Waals surface area contributed by atoms with E-state index in [1.807, 2.05) is 32.0 Å². The molecule has 2 nitrogen and oxygen atoms in total. The summed E-state index contributed by atoms with van der Waals surface area (Å²) in [6, 6.07) is 5.53. The van der Waals surface area contributed by atoms with Crippen molar-refractivity contribution >= 4 is 11.6 Å². The van der Waals surface area contributed by atoms with Crippen LogP contribution in [0.15, 0.2) is 18.2 Å². The highest BCUT2D eigenvalue weighted by atomic mass is 35.5. The number of aliphatic hydroxyl groups is 1. The van der Waals surface area contributed by atoms with Gasteiger partial charge in [-0.15, -0.1) is 0 Å². The summed E-state index contributed by atoms with van der Waals surface area (Å²) in [4.78, 5) is 0. The Morgan fingerprint density at radius 2 is 2.12 bits per heavy atom. The molecule has 0 aliphatic carbocycles. The third-order valence-corrected chi connectivity index (χ3v) is 2.86. The van der Waals surface area contributed by atoms with Crippen molar-refractivity contribution in [2.24, 2.45) is 0 Å². The molecule has 0 aliphatic heterocycles. The lowest BCUT2D eigenvalue weighted by Crippen LogP contribution is -2.14. The summed E-state index contributed by atoms with van der Waals surface area (Å²) in [6.45, 7) is 8.38. The Kier molecular flexibility index (Phi) is 5.10. The van der Waals surface area contributed by atoms with Crippen molar-refractivity contribution in [3.63, 3.8) is 0 Å². The SMILES string of the molecule is [CH2]C(c1ccc(OCC)c(Cl)c1)C(O)CC. The number of aliphatic hydroxyl groups excluding tert-OH is 1. The van der Waals surface area contributed by atoms with Crippen LogP contribution in [0.25, 0.3) is 0 Å². The summed E-state index contributed by atoms with van der Waals surface area (Å²) in [5, 5.41) is 10.3. The van der Waals surface area contributed by atoms with Crippen LogP contribution in [0.2, 0.25) is 5.02 Å². The third kappa shape index (κ3) is 3.13. The quantitative estimate of drug-likeness (QED) is 0.856. The monoisotopic (exact) mass is 241 g/mol. The summed E-state index contributed by atoms with van der Waals surface area (Å²) in [6.07, 6.45) is 0.243. The minimum Gasteiger partial charge on any atom is -0.492 e. The van der Waals surface area contributed by atoms with Gasteiger partial charge in [0.25, 0.3) is 0 Å². The fourth-order valence-corrected chi connectivity index (χ4v) is 1.77. The van der Waals surface area contributed by atoms with Crippen LogP contribution in [0, 0.1) is 6.92 Å². The van der Waals surface area contributed by atoms with Gasteiger partial charge < -0.3 is 9.84 Å². The number of hydrogen-bond donors (Lipinski definition) is 1. The zero-order valence-corrected chi connectivity index (χ0v) is 10.5. The molecule has 1 aromatic rings. The van der Waals surface area contributed by atoms with Crippen LogP contribution >= 0.6 is 11.6 Å². The van der Waals surface area contributed by atoms with Crippen LogP contribution in [-0.4, -0.2) is 17.8 Å². The molecule has 0 aromatic heterocycles. The van der Waals surface area contributed by atoms with E-state index in [2.05, 4.69) is 6.92 Å². The molecule has 0 aliphatic rings. The Balaban J connectivity index is 2.87. The Morgan fingerprint density at radius 3 is 2.62 bits per heavy atom. The molecule has 0 saturated heterocycles. The van der Waals surface area contributed by atoms with E-state index in [4.69, 9.17) is 16.3 Å². The summed E-state index contributed by atoms with van der Waals surface area (Å²) in [5.41, 5.74) is 0.933. The molecular weight excluding hydrogens is 224 g/mol. The van der Waals surface area contributed by atoms with Gasteiger partial charge in [-0.2, -0.15) is 0 Å². The van der Waals surface area contributed by atoms with Crippen molar-refractivity contribution in [3.8, 4) is 5.75 Å². The first kappa shape index (κ1) is 13.3. The molecule has 1 rings (SSSR count). The van der Waals surface area contributed by atoms with Crippen LogP contribution in [0.4, 0.5) is 0 Å². The fraction of sp³-hybridized carbons (Fsp3) is 0.462. The molecule has 0 amide bonds. The summed E-state index contributed by atoms with van der Waals surface area (Å²) in [5.74, 6) is 0.518. The topological polar surface area (TPSA) is 29.5 Å². The molecule has 0 fully saturated rings. The van der Waals surface area contributed by atoms with Crippen molar-refractivity contribution in [1.29, 1.82) is 0 Å². The van der Waals surface area contributed by atoms with Gasteiger partial charge in [-0.1, -0.05) is 24.6 Å². The van der Waals surface area contributed by atoms with Gasteiger partial charge in [0.2, 0.25) is 0 Å². The molecule has 0 saturated carbocycles. The zero-order chi connectivity index (χ0) is 12.1. The Hall–Kier alpha value is -0.730. The van der Waals surface area contributed by atoms with E-state index in [1.54, 1.807) is 0 Å². The summed E-state index contributed by atoms with van der Waals surface area (Å²) >= 11 is 6.07. The van der Waals surface area contributed by atoms with Crippen molar-refractivity contribution in [3.05, 3.63) is 35.7 Å². The fourth-order valence-electron chi connectivity index (χ4n) is 1.53. The van der Waals surface area contributed by atoms with Gasteiger partial charge >= 0.3 is 0 Å². The second kappa shape index (κ2) is 6.12.